The summed E-state index contributed by atoms with van der Waals surface area (Å²) in [5.74, 6) is -0.0535. The Kier molecular flexibility index (Phi) is 3.87. The molecule has 118 valence electrons. The van der Waals surface area contributed by atoms with Crippen LogP contribution in [0.2, 0.25) is 14.8 Å². The first kappa shape index (κ1) is 16.2. The van der Waals surface area contributed by atoms with E-state index in [0.29, 0.717) is 11.1 Å². The second-order valence-electron chi connectivity index (χ2n) is 7.30. The van der Waals surface area contributed by atoms with Crippen molar-refractivity contribution < 1.29 is 9.59 Å². The molecule has 0 saturated heterocycles. The summed E-state index contributed by atoms with van der Waals surface area (Å²) in [5.41, 5.74) is 3.95. The molecule has 1 aliphatic rings. The van der Waals surface area contributed by atoms with Crippen molar-refractivity contribution in [1.29, 1.82) is 0 Å². The van der Waals surface area contributed by atoms with E-state index in [0.717, 1.165) is 16.7 Å². The number of fused-ring (bicyclic) bond motifs is 3. The normalized spacial score (nSPS) is 12.8. The molecular weight excluding hydrogens is 393 g/mol. The molecule has 0 aromatic heterocycles. The van der Waals surface area contributed by atoms with Gasteiger partial charge in [-0.15, -0.1) is 0 Å². The molecule has 0 heterocycles. The van der Waals surface area contributed by atoms with Crippen LogP contribution in [-0.4, -0.2) is 49.1 Å². The van der Waals surface area contributed by atoms with Gasteiger partial charge in [0.2, 0.25) is 0 Å². The molecule has 0 fully saturated rings. The average molecular weight is 414 g/mol. The summed E-state index contributed by atoms with van der Waals surface area (Å²) in [6, 6.07) is 11.7. The molecule has 0 spiro atoms. The Hall–Kier alpha value is -1.62. The van der Waals surface area contributed by atoms with Gasteiger partial charge in [-0.05, 0) is 0 Å². The SMILES string of the molecule is CN(C)C(=O)c1ccc2c(c1)C(=O)c1cc[c]([Sn]([CH3])([CH3])[CH3])cc1-2. The van der Waals surface area contributed by atoms with Gasteiger partial charge in [0.15, 0.2) is 0 Å². The summed E-state index contributed by atoms with van der Waals surface area (Å²) in [4.78, 5) is 33.5. The molecular formula is C19H21NO2Sn. The number of hydrogen-bond donors (Lipinski definition) is 0. The van der Waals surface area contributed by atoms with Gasteiger partial charge < -0.3 is 0 Å². The van der Waals surface area contributed by atoms with Gasteiger partial charge in [0.1, 0.15) is 0 Å². The summed E-state index contributed by atoms with van der Waals surface area (Å²) in [7, 11) is 3.43. The molecule has 4 heteroatoms. The minimum atomic E-state index is -2.19. The second-order valence-corrected chi connectivity index (χ2v) is 21.8. The van der Waals surface area contributed by atoms with E-state index < -0.39 is 18.4 Å². The maximum atomic E-state index is 12.7. The van der Waals surface area contributed by atoms with Crippen molar-refractivity contribution in [2.75, 3.05) is 14.1 Å². The Labute approximate surface area is 141 Å². The van der Waals surface area contributed by atoms with Gasteiger partial charge in [0.25, 0.3) is 0 Å². The molecule has 0 atom stereocenters. The molecule has 2 aromatic carbocycles. The Bertz CT molecular complexity index is 832. The summed E-state index contributed by atoms with van der Waals surface area (Å²) in [6.45, 7) is 0. The number of amides is 1. The van der Waals surface area contributed by atoms with Gasteiger partial charge in [-0.2, -0.15) is 0 Å². The van der Waals surface area contributed by atoms with Crippen LogP contribution in [0.4, 0.5) is 0 Å². The third-order valence-electron chi connectivity index (χ3n) is 4.34. The molecule has 0 radical (unpaired) electrons. The van der Waals surface area contributed by atoms with Crippen molar-refractivity contribution in [3.05, 3.63) is 53.1 Å². The Balaban J connectivity index is 2.14. The van der Waals surface area contributed by atoms with Crippen LogP contribution >= 0.6 is 0 Å². The monoisotopic (exact) mass is 415 g/mol. The fourth-order valence-corrected chi connectivity index (χ4v) is 6.25. The van der Waals surface area contributed by atoms with Crippen LogP contribution in [-0.2, 0) is 0 Å². The van der Waals surface area contributed by atoms with Crippen molar-refractivity contribution in [2.24, 2.45) is 0 Å². The Morgan fingerprint density at radius 3 is 2.13 bits per heavy atom. The van der Waals surface area contributed by atoms with E-state index in [4.69, 9.17) is 0 Å². The van der Waals surface area contributed by atoms with Crippen LogP contribution in [0.25, 0.3) is 11.1 Å². The predicted octanol–water partition coefficient (Wildman–Crippen LogP) is 3.15. The van der Waals surface area contributed by atoms with Crippen molar-refractivity contribution in [3.8, 4) is 11.1 Å². The van der Waals surface area contributed by atoms with Crippen LogP contribution < -0.4 is 3.58 Å². The van der Waals surface area contributed by atoms with Crippen molar-refractivity contribution in [3.63, 3.8) is 0 Å². The topological polar surface area (TPSA) is 37.4 Å². The van der Waals surface area contributed by atoms with E-state index in [2.05, 4.69) is 27.0 Å². The zero-order valence-corrected chi connectivity index (χ0v) is 17.1. The number of benzene rings is 2. The molecule has 0 unspecified atom stereocenters. The fraction of sp³-hybridized carbons (Fsp3) is 0.263. The van der Waals surface area contributed by atoms with E-state index >= 15 is 0 Å². The van der Waals surface area contributed by atoms with Crippen molar-refractivity contribution in [1.82, 2.24) is 4.90 Å². The van der Waals surface area contributed by atoms with Crippen LogP contribution in [0.5, 0.6) is 0 Å². The van der Waals surface area contributed by atoms with Gasteiger partial charge in [-0.25, -0.2) is 0 Å². The summed E-state index contributed by atoms with van der Waals surface area (Å²) in [6.07, 6.45) is 0. The fourth-order valence-electron chi connectivity index (χ4n) is 2.93. The number of nitrogens with zero attached hydrogens (tertiary/aromatic N) is 1. The standard InChI is InChI=1S/C16H12NO2.3CH3.Sn/c1-17(2)16(19)10-7-8-12-11-5-3-4-6-13(11)15(18)14(12)9-10;;;;/h4-9H,1-2H3;3*1H3;. The van der Waals surface area contributed by atoms with Gasteiger partial charge >= 0.3 is 141 Å². The molecule has 0 bridgehead atoms. The first-order valence-corrected chi connectivity index (χ1v) is 17.7. The third-order valence-corrected chi connectivity index (χ3v) is 10.2. The first-order chi connectivity index (χ1) is 10.7. The summed E-state index contributed by atoms with van der Waals surface area (Å²) >= 11 is -2.19. The van der Waals surface area contributed by atoms with E-state index in [1.807, 2.05) is 18.2 Å². The van der Waals surface area contributed by atoms with Crippen LogP contribution in [0.3, 0.4) is 0 Å². The molecule has 0 N–H and O–H groups in total. The molecule has 23 heavy (non-hydrogen) atoms. The Morgan fingerprint density at radius 1 is 0.870 bits per heavy atom. The maximum absolute atomic E-state index is 12.7. The van der Waals surface area contributed by atoms with E-state index in [1.54, 1.807) is 20.2 Å². The molecule has 1 amide bonds. The van der Waals surface area contributed by atoms with Crippen LogP contribution in [0.15, 0.2) is 36.4 Å². The number of rotatable bonds is 2. The number of carbonyl (C=O) groups is 2. The minimum absolute atomic E-state index is 0.0269. The van der Waals surface area contributed by atoms with Gasteiger partial charge in [-0.1, -0.05) is 0 Å². The number of hydrogen-bond acceptors (Lipinski definition) is 2. The van der Waals surface area contributed by atoms with Gasteiger partial charge in [0, 0.05) is 0 Å². The number of carbonyl (C=O) groups excluding carboxylic acids is 2. The van der Waals surface area contributed by atoms with E-state index in [9.17, 15) is 9.59 Å². The average Bonchev–Trinajstić information content (AvgIpc) is 2.78. The van der Waals surface area contributed by atoms with Crippen LogP contribution in [0.1, 0.15) is 26.3 Å². The molecule has 0 aliphatic heterocycles. The molecule has 3 nitrogen and oxygen atoms in total. The third kappa shape index (κ3) is 2.71. The Morgan fingerprint density at radius 2 is 1.52 bits per heavy atom. The summed E-state index contributed by atoms with van der Waals surface area (Å²) < 4.78 is 1.41. The first-order valence-electron chi connectivity index (χ1n) is 7.75. The molecule has 1 aliphatic carbocycles. The van der Waals surface area contributed by atoms with Crippen molar-refractivity contribution >= 4 is 33.6 Å². The van der Waals surface area contributed by atoms with Gasteiger partial charge in [0.05, 0.1) is 0 Å². The zero-order chi connectivity index (χ0) is 16.9. The number of ketones is 1. The molecule has 2 aromatic rings. The summed E-state index contributed by atoms with van der Waals surface area (Å²) in [5, 5.41) is 0. The van der Waals surface area contributed by atoms with Crippen LogP contribution in [0, 0.1) is 0 Å². The quantitative estimate of drug-likeness (QED) is 0.605. The predicted molar refractivity (Wildman–Crippen MR) is 96.3 cm³/mol. The van der Waals surface area contributed by atoms with E-state index in [-0.39, 0.29) is 11.7 Å². The van der Waals surface area contributed by atoms with Crippen molar-refractivity contribution in [2.45, 2.75) is 14.8 Å². The second kappa shape index (κ2) is 5.48. The van der Waals surface area contributed by atoms with E-state index in [1.165, 1.54) is 8.48 Å². The van der Waals surface area contributed by atoms with Gasteiger partial charge in [-0.3, -0.25) is 0 Å². The molecule has 0 saturated carbocycles. The zero-order valence-electron chi connectivity index (χ0n) is 14.2. The molecule has 3 rings (SSSR count).